The molecular formula is C8H7BrN2O2. The number of methoxy groups -OCH3 is 1. The number of hydrogen-bond acceptors (Lipinski definition) is 3. The molecule has 4 nitrogen and oxygen atoms in total. The van der Waals surface area contributed by atoms with E-state index in [0.29, 0.717) is 10.2 Å². The first-order valence-electron chi connectivity index (χ1n) is 3.50. The van der Waals surface area contributed by atoms with Crippen LogP contribution in [0.3, 0.4) is 0 Å². The molecule has 68 valence electrons. The second-order valence-electron chi connectivity index (χ2n) is 2.29. The van der Waals surface area contributed by atoms with Crippen molar-refractivity contribution in [2.45, 2.75) is 6.54 Å². The molecule has 0 aliphatic carbocycles. The maximum atomic E-state index is 11.2. The van der Waals surface area contributed by atoms with Gasteiger partial charge in [-0.15, -0.1) is 0 Å². The van der Waals surface area contributed by atoms with E-state index >= 15 is 0 Å². The van der Waals surface area contributed by atoms with Gasteiger partial charge in [-0.3, -0.25) is 0 Å². The summed E-state index contributed by atoms with van der Waals surface area (Å²) < 4.78 is 6.72. The maximum Gasteiger partial charge on any atom is 0.355 e. The Kier molecular flexibility index (Phi) is 3.09. The normalized spacial score (nSPS) is 9.31. The predicted octanol–water partition coefficient (Wildman–Crippen LogP) is 1.56. The highest BCUT2D eigenvalue weighted by Crippen LogP contribution is 2.18. The highest BCUT2D eigenvalue weighted by molar-refractivity contribution is 9.10. The van der Waals surface area contributed by atoms with Crippen LogP contribution in [0.5, 0.6) is 0 Å². The molecule has 1 heterocycles. The van der Waals surface area contributed by atoms with Crippen LogP contribution in [0, 0.1) is 11.3 Å². The van der Waals surface area contributed by atoms with Gasteiger partial charge in [0.15, 0.2) is 0 Å². The van der Waals surface area contributed by atoms with Gasteiger partial charge in [0.25, 0.3) is 0 Å². The van der Waals surface area contributed by atoms with Crippen LogP contribution >= 0.6 is 15.9 Å². The summed E-state index contributed by atoms with van der Waals surface area (Å²) in [5.74, 6) is -0.452. The van der Waals surface area contributed by atoms with Crippen molar-refractivity contribution in [2.24, 2.45) is 0 Å². The van der Waals surface area contributed by atoms with E-state index in [4.69, 9.17) is 5.26 Å². The number of hydrogen-bond donors (Lipinski definition) is 0. The van der Waals surface area contributed by atoms with Gasteiger partial charge in [0, 0.05) is 6.20 Å². The van der Waals surface area contributed by atoms with Gasteiger partial charge in [-0.2, -0.15) is 5.26 Å². The number of rotatable bonds is 2. The minimum atomic E-state index is -0.452. The van der Waals surface area contributed by atoms with Crippen molar-refractivity contribution in [3.8, 4) is 6.07 Å². The van der Waals surface area contributed by atoms with Crippen LogP contribution in [0.15, 0.2) is 16.7 Å². The number of aromatic nitrogens is 1. The van der Waals surface area contributed by atoms with Gasteiger partial charge < -0.3 is 9.30 Å². The van der Waals surface area contributed by atoms with Crippen molar-refractivity contribution in [2.75, 3.05) is 7.11 Å². The molecule has 1 aromatic rings. The number of esters is 1. The van der Waals surface area contributed by atoms with Crippen molar-refractivity contribution in [1.29, 1.82) is 5.26 Å². The zero-order valence-corrected chi connectivity index (χ0v) is 8.54. The largest absolute Gasteiger partial charge is 0.464 e. The third-order valence-electron chi connectivity index (χ3n) is 1.53. The molecule has 0 aliphatic heterocycles. The molecule has 0 saturated carbocycles. The van der Waals surface area contributed by atoms with Gasteiger partial charge in [0.2, 0.25) is 0 Å². The number of halogens is 1. The van der Waals surface area contributed by atoms with Crippen LogP contribution in [-0.2, 0) is 11.3 Å². The molecule has 0 amide bonds. The first kappa shape index (κ1) is 9.81. The SMILES string of the molecule is COC(=O)c1c(Br)ccn1CC#N. The Balaban J connectivity index is 3.09. The molecule has 0 radical (unpaired) electrons. The Morgan fingerprint density at radius 2 is 2.54 bits per heavy atom. The summed E-state index contributed by atoms with van der Waals surface area (Å²) in [4.78, 5) is 11.2. The van der Waals surface area contributed by atoms with Crippen LogP contribution < -0.4 is 0 Å². The zero-order valence-electron chi connectivity index (χ0n) is 6.95. The van der Waals surface area contributed by atoms with Crippen molar-refractivity contribution in [3.05, 3.63) is 22.4 Å². The topological polar surface area (TPSA) is 55.0 Å². The lowest BCUT2D eigenvalue weighted by atomic mass is 10.4. The lowest BCUT2D eigenvalue weighted by Crippen LogP contribution is -2.10. The van der Waals surface area contributed by atoms with Crippen molar-refractivity contribution >= 4 is 21.9 Å². The third kappa shape index (κ3) is 1.90. The monoisotopic (exact) mass is 242 g/mol. The molecule has 0 N–H and O–H groups in total. The maximum absolute atomic E-state index is 11.2. The molecule has 0 unspecified atom stereocenters. The highest BCUT2D eigenvalue weighted by Gasteiger charge is 2.15. The summed E-state index contributed by atoms with van der Waals surface area (Å²) in [6.07, 6.45) is 1.65. The van der Waals surface area contributed by atoms with E-state index in [1.165, 1.54) is 11.7 Å². The van der Waals surface area contributed by atoms with Crippen LogP contribution in [0.1, 0.15) is 10.5 Å². The molecule has 0 atom stereocenters. The van der Waals surface area contributed by atoms with Gasteiger partial charge in [-0.05, 0) is 22.0 Å². The average molecular weight is 243 g/mol. The molecular weight excluding hydrogens is 236 g/mol. The van der Waals surface area contributed by atoms with E-state index < -0.39 is 5.97 Å². The summed E-state index contributed by atoms with van der Waals surface area (Å²) >= 11 is 3.20. The fourth-order valence-electron chi connectivity index (χ4n) is 0.965. The van der Waals surface area contributed by atoms with Gasteiger partial charge in [-0.1, -0.05) is 0 Å². The molecule has 0 aromatic carbocycles. The number of nitriles is 1. The molecule has 13 heavy (non-hydrogen) atoms. The zero-order chi connectivity index (χ0) is 9.84. The quantitative estimate of drug-likeness (QED) is 0.740. The van der Waals surface area contributed by atoms with Crippen molar-refractivity contribution < 1.29 is 9.53 Å². The summed E-state index contributed by atoms with van der Waals surface area (Å²) in [6, 6.07) is 3.65. The number of nitrogens with zero attached hydrogens (tertiary/aromatic N) is 2. The molecule has 1 rings (SSSR count). The van der Waals surface area contributed by atoms with Crippen LogP contribution in [0.2, 0.25) is 0 Å². The second-order valence-corrected chi connectivity index (χ2v) is 3.14. The average Bonchev–Trinajstić information content (AvgIpc) is 2.47. The summed E-state index contributed by atoms with van der Waals surface area (Å²) in [6.45, 7) is 0.135. The summed E-state index contributed by atoms with van der Waals surface area (Å²) in [5.41, 5.74) is 0.365. The number of ether oxygens (including phenoxy) is 1. The first-order valence-corrected chi connectivity index (χ1v) is 4.30. The lowest BCUT2D eigenvalue weighted by molar-refractivity contribution is 0.0588. The Hall–Kier alpha value is -1.28. The third-order valence-corrected chi connectivity index (χ3v) is 2.17. The van der Waals surface area contributed by atoms with Crippen LogP contribution in [0.25, 0.3) is 0 Å². The van der Waals surface area contributed by atoms with E-state index in [9.17, 15) is 4.79 Å². The minimum absolute atomic E-state index is 0.135. The highest BCUT2D eigenvalue weighted by atomic mass is 79.9. The molecule has 0 saturated heterocycles. The molecule has 0 spiro atoms. The minimum Gasteiger partial charge on any atom is -0.464 e. The molecule has 5 heteroatoms. The standard InChI is InChI=1S/C8H7BrN2O2/c1-13-8(12)7-6(9)2-4-11(7)5-3-10/h2,4H,5H2,1H3. The van der Waals surface area contributed by atoms with E-state index in [1.54, 1.807) is 12.3 Å². The predicted molar refractivity (Wildman–Crippen MR) is 49.1 cm³/mol. The summed E-state index contributed by atoms with van der Waals surface area (Å²) in [5, 5.41) is 8.47. The fraction of sp³-hybridized carbons (Fsp3) is 0.250. The van der Waals surface area contributed by atoms with E-state index in [1.807, 2.05) is 6.07 Å². The fourth-order valence-corrected chi connectivity index (χ4v) is 1.47. The molecule has 0 bridgehead atoms. The van der Waals surface area contributed by atoms with Gasteiger partial charge in [0.05, 0.1) is 17.7 Å². The number of carbonyl (C=O) groups excluding carboxylic acids is 1. The Bertz CT molecular complexity index is 365. The Morgan fingerprint density at radius 3 is 3.08 bits per heavy atom. The molecule has 1 aromatic heterocycles. The van der Waals surface area contributed by atoms with E-state index in [-0.39, 0.29) is 6.54 Å². The second kappa shape index (κ2) is 4.10. The van der Waals surface area contributed by atoms with Crippen LogP contribution in [-0.4, -0.2) is 17.6 Å². The van der Waals surface area contributed by atoms with Gasteiger partial charge in [-0.25, -0.2) is 4.79 Å². The first-order chi connectivity index (χ1) is 6.20. The van der Waals surface area contributed by atoms with E-state index in [2.05, 4.69) is 20.7 Å². The smallest absolute Gasteiger partial charge is 0.355 e. The van der Waals surface area contributed by atoms with Crippen molar-refractivity contribution in [1.82, 2.24) is 4.57 Å². The number of carbonyl (C=O) groups is 1. The van der Waals surface area contributed by atoms with Gasteiger partial charge >= 0.3 is 5.97 Å². The van der Waals surface area contributed by atoms with Gasteiger partial charge in [0.1, 0.15) is 12.2 Å². The van der Waals surface area contributed by atoms with E-state index in [0.717, 1.165) is 0 Å². The lowest BCUT2D eigenvalue weighted by Gasteiger charge is -2.02. The molecule has 0 fully saturated rings. The van der Waals surface area contributed by atoms with Crippen LogP contribution in [0.4, 0.5) is 0 Å². The Morgan fingerprint density at radius 1 is 1.85 bits per heavy atom. The summed E-state index contributed by atoms with van der Waals surface area (Å²) in [7, 11) is 1.30. The Labute approximate surface area is 83.8 Å². The molecule has 0 aliphatic rings. The van der Waals surface area contributed by atoms with Crippen molar-refractivity contribution in [3.63, 3.8) is 0 Å².